The molecule has 140 valence electrons. The number of carbonyl (C=O) groups excluding carboxylic acids is 1. The zero-order valence-electron chi connectivity index (χ0n) is 14.5. The number of carbonyl (C=O) groups is 1. The lowest BCUT2D eigenvalue weighted by Gasteiger charge is -2.01. The standard InChI is InChI=1S/C20H14ClN3O2S2/c21-16-6-2-1-5-15(16)19-23-13(11-27-19)9-18(25)26-10-14-12-28-20(24-14)17-7-3-4-8-22-17/h1-8,11-12H,9-10H2. The fraction of sp³-hybridized carbons (Fsp3) is 0.100. The normalized spacial score (nSPS) is 10.8. The van der Waals surface area contributed by atoms with E-state index in [0.717, 1.165) is 21.3 Å². The maximum Gasteiger partial charge on any atom is 0.312 e. The molecule has 0 aliphatic rings. The molecule has 8 heteroatoms. The van der Waals surface area contributed by atoms with Crippen molar-refractivity contribution in [2.24, 2.45) is 0 Å². The Morgan fingerprint density at radius 2 is 1.71 bits per heavy atom. The molecular formula is C20H14ClN3O2S2. The van der Waals surface area contributed by atoms with Crippen LogP contribution in [-0.2, 0) is 22.6 Å². The number of rotatable bonds is 6. The number of hydrogen-bond donors (Lipinski definition) is 0. The zero-order valence-corrected chi connectivity index (χ0v) is 16.9. The van der Waals surface area contributed by atoms with Crippen LogP contribution in [0, 0.1) is 0 Å². The lowest BCUT2D eigenvalue weighted by molar-refractivity contribution is -0.144. The van der Waals surface area contributed by atoms with Gasteiger partial charge in [0.1, 0.15) is 16.6 Å². The first kappa shape index (κ1) is 18.7. The lowest BCUT2D eigenvalue weighted by atomic mass is 10.2. The fourth-order valence-electron chi connectivity index (χ4n) is 2.48. The third-order valence-corrected chi connectivity index (χ3v) is 5.97. The number of aromatic nitrogens is 3. The van der Waals surface area contributed by atoms with E-state index in [1.165, 1.54) is 22.7 Å². The third-order valence-electron chi connectivity index (χ3n) is 3.80. The van der Waals surface area contributed by atoms with Gasteiger partial charge in [0.15, 0.2) is 0 Å². The topological polar surface area (TPSA) is 65.0 Å². The van der Waals surface area contributed by atoms with Crippen LogP contribution >= 0.6 is 34.3 Å². The molecule has 0 saturated heterocycles. The molecule has 0 unspecified atom stereocenters. The van der Waals surface area contributed by atoms with Crippen molar-refractivity contribution in [3.63, 3.8) is 0 Å². The summed E-state index contributed by atoms with van der Waals surface area (Å²) < 4.78 is 5.34. The second kappa shape index (κ2) is 8.60. The van der Waals surface area contributed by atoms with Crippen LogP contribution in [0.15, 0.2) is 59.4 Å². The van der Waals surface area contributed by atoms with Crippen LogP contribution in [-0.4, -0.2) is 20.9 Å². The molecule has 0 amide bonds. The monoisotopic (exact) mass is 427 g/mol. The van der Waals surface area contributed by atoms with Gasteiger partial charge in [-0.1, -0.05) is 35.9 Å². The van der Waals surface area contributed by atoms with Crippen molar-refractivity contribution in [1.29, 1.82) is 0 Å². The number of thiazole rings is 2. The Labute approximate surface area is 174 Å². The van der Waals surface area contributed by atoms with Gasteiger partial charge in [-0.05, 0) is 18.2 Å². The number of halogens is 1. The SMILES string of the molecule is O=C(Cc1csc(-c2ccccc2Cl)n1)OCc1csc(-c2ccccn2)n1. The highest BCUT2D eigenvalue weighted by Crippen LogP contribution is 2.30. The molecule has 4 aromatic rings. The van der Waals surface area contributed by atoms with Gasteiger partial charge >= 0.3 is 5.97 Å². The van der Waals surface area contributed by atoms with Crippen molar-refractivity contribution in [3.8, 4) is 21.3 Å². The summed E-state index contributed by atoms with van der Waals surface area (Å²) in [5, 5.41) is 5.94. The minimum atomic E-state index is -0.344. The van der Waals surface area contributed by atoms with Crippen molar-refractivity contribution < 1.29 is 9.53 Å². The number of benzene rings is 1. The maximum atomic E-state index is 12.2. The summed E-state index contributed by atoms with van der Waals surface area (Å²) >= 11 is 9.13. The minimum absolute atomic E-state index is 0.109. The van der Waals surface area contributed by atoms with Crippen LogP contribution in [0.5, 0.6) is 0 Å². The largest absolute Gasteiger partial charge is 0.459 e. The van der Waals surface area contributed by atoms with Crippen molar-refractivity contribution >= 4 is 40.2 Å². The molecule has 0 aliphatic heterocycles. The van der Waals surface area contributed by atoms with E-state index >= 15 is 0 Å². The second-order valence-corrected chi connectivity index (χ2v) is 7.94. The van der Waals surface area contributed by atoms with E-state index in [2.05, 4.69) is 15.0 Å². The van der Waals surface area contributed by atoms with Crippen LogP contribution in [0.25, 0.3) is 21.3 Å². The highest BCUT2D eigenvalue weighted by Gasteiger charge is 2.13. The van der Waals surface area contributed by atoms with Gasteiger partial charge in [-0.25, -0.2) is 9.97 Å². The Bertz CT molecular complexity index is 1100. The van der Waals surface area contributed by atoms with Gasteiger partial charge < -0.3 is 4.74 Å². The van der Waals surface area contributed by atoms with E-state index in [1.807, 2.05) is 53.2 Å². The Morgan fingerprint density at radius 1 is 0.964 bits per heavy atom. The molecule has 3 aromatic heterocycles. The van der Waals surface area contributed by atoms with Crippen LogP contribution < -0.4 is 0 Å². The summed E-state index contributed by atoms with van der Waals surface area (Å²) in [6.45, 7) is 0.129. The van der Waals surface area contributed by atoms with E-state index < -0.39 is 0 Å². The van der Waals surface area contributed by atoms with Gasteiger partial charge in [-0.15, -0.1) is 22.7 Å². The zero-order chi connectivity index (χ0) is 19.3. The number of hydrogen-bond acceptors (Lipinski definition) is 7. The molecule has 0 fully saturated rings. The van der Waals surface area contributed by atoms with E-state index in [-0.39, 0.29) is 19.0 Å². The Kier molecular flexibility index (Phi) is 5.76. The van der Waals surface area contributed by atoms with Gasteiger partial charge in [0.25, 0.3) is 0 Å². The summed E-state index contributed by atoms with van der Waals surface area (Å²) in [6, 6.07) is 13.2. The number of nitrogens with zero attached hydrogens (tertiary/aromatic N) is 3. The second-order valence-electron chi connectivity index (χ2n) is 5.82. The molecular weight excluding hydrogens is 414 g/mol. The Morgan fingerprint density at radius 3 is 2.54 bits per heavy atom. The minimum Gasteiger partial charge on any atom is -0.459 e. The van der Waals surface area contributed by atoms with Crippen molar-refractivity contribution in [2.75, 3.05) is 0 Å². The van der Waals surface area contributed by atoms with Gasteiger partial charge in [-0.3, -0.25) is 9.78 Å². The third kappa shape index (κ3) is 4.44. The van der Waals surface area contributed by atoms with Crippen LogP contribution in [0.1, 0.15) is 11.4 Å². The average molecular weight is 428 g/mol. The van der Waals surface area contributed by atoms with E-state index in [0.29, 0.717) is 16.4 Å². The first-order chi connectivity index (χ1) is 13.7. The summed E-state index contributed by atoms with van der Waals surface area (Å²) in [5.41, 5.74) is 3.03. The molecule has 0 atom stereocenters. The number of esters is 1. The molecule has 1 aromatic carbocycles. The first-order valence-corrected chi connectivity index (χ1v) is 10.5. The molecule has 0 aliphatic carbocycles. The predicted octanol–water partition coefficient (Wildman–Crippen LogP) is 5.27. The van der Waals surface area contributed by atoms with Crippen molar-refractivity contribution in [3.05, 3.63) is 75.8 Å². The summed E-state index contributed by atoms with van der Waals surface area (Å²) in [4.78, 5) is 25.4. The quantitative estimate of drug-likeness (QED) is 0.392. The number of pyridine rings is 1. The van der Waals surface area contributed by atoms with E-state index in [9.17, 15) is 4.79 Å². The van der Waals surface area contributed by atoms with E-state index in [1.54, 1.807) is 6.20 Å². The van der Waals surface area contributed by atoms with Gasteiger partial charge in [0.05, 0.1) is 28.5 Å². The molecule has 5 nitrogen and oxygen atoms in total. The van der Waals surface area contributed by atoms with Crippen molar-refractivity contribution in [1.82, 2.24) is 15.0 Å². The highest BCUT2D eigenvalue weighted by atomic mass is 35.5. The number of ether oxygens (including phenoxy) is 1. The molecule has 3 heterocycles. The van der Waals surface area contributed by atoms with Crippen LogP contribution in [0.2, 0.25) is 5.02 Å². The smallest absolute Gasteiger partial charge is 0.312 e. The predicted molar refractivity (Wildman–Crippen MR) is 111 cm³/mol. The fourth-order valence-corrected chi connectivity index (χ4v) is 4.40. The molecule has 0 N–H and O–H groups in total. The van der Waals surface area contributed by atoms with Gasteiger partial charge in [0, 0.05) is 22.5 Å². The summed E-state index contributed by atoms with van der Waals surface area (Å²) in [7, 11) is 0. The van der Waals surface area contributed by atoms with Crippen LogP contribution in [0.4, 0.5) is 0 Å². The lowest BCUT2D eigenvalue weighted by Crippen LogP contribution is -2.08. The molecule has 4 rings (SSSR count). The molecule has 0 radical (unpaired) electrons. The van der Waals surface area contributed by atoms with Crippen LogP contribution in [0.3, 0.4) is 0 Å². The summed E-state index contributed by atoms with van der Waals surface area (Å²) in [6.07, 6.45) is 1.83. The Hall–Kier alpha value is -2.61. The van der Waals surface area contributed by atoms with Gasteiger partial charge in [-0.2, -0.15) is 0 Å². The highest BCUT2D eigenvalue weighted by molar-refractivity contribution is 7.13. The summed E-state index contributed by atoms with van der Waals surface area (Å²) in [5.74, 6) is -0.344. The van der Waals surface area contributed by atoms with E-state index in [4.69, 9.17) is 16.3 Å². The van der Waals surface area contributed by atoms with Crippen molar-refractivity contribution in [2.45, 2.75) is 13.0 Å². The Balaban J connectivity index is 1.34. The molecule has 0 saturated carbocycles. The average Bonchev–Trinajstić information content (AvgIpc) is 3.37. The van der Waals surface area contributed by atoms with Gasteiger partial charge in [0.2, 0.25) is 0 Å². The maximum absolute atomic E-state index is 12.2. The first-order valence-electron chi connectivity index (χ1n) is 8.40. The molecule has 0 bridgehead atoms. The molecule has 0 spiro atoms. The molecule has 28 heavy (non-hydrogen) atoms.